The molecule has 0 saturated heterocycles. The lowest BCUT2D eigenvalue weighted by Crippen LogP contribution is -2.25. The molecule has 6 nitrogen and oxygen atoms in total. The van der Waals surface area contributed by atoms with Gasteiger partial charge in [-0.3, -0.25) is 9.59 Å². The average Bonchev–Trinajstić information content (AvgIpc) is 2.59. The van der Waals surface area contributed by atoms with Gasteiger partial charge in [0.25, 0.3) is 5.56 Å². The summed E-state index contributed by atoms with van der Waals surface area (Å²) in [7, 11) is 0. The van der Waals surface area contributed by atoms with Crippen molar-refractivity contribution in [1.29, 1.82) is 0 Å². The van der Waals surface area contributed by atoms with Gasteiger partial charge in [-0.25, -0.2) is 4.98 Å². The number of hydrogen-bond donors (Lipinski definition) is 3. The standard InChI is InChI=1S/C17H21N3O3S2/c1-3-14(16(23)18-11-5-7-13(21)8-6-11)25-17-19-12(10-24-4-2)9-15(22)20-17/h5-9,14,21H,3-4,10H2,1-2H3,(H,18,23)(H,19,20,22). The highest BCUT2D eigenvalue weighted by molar-refractivity contribution is 8.00. The van der Waals surface area contributed by atoms with E-state index in [-0.39, 0.29) is 22.5 Å². The summed E-state index contributed by atoms with van der Waals surface area (Å²) in [4.78, 5) is 31.4. The van der Waals surface area contributed by atoms with Crippen LogP contribution in [0.3, 0.4) is 0 Å². The van der Waals surface area contributed by atoms with E-state index in [4.69, 9.17) is 0 Å². The number of hydrogen-bond acceptors (Lipinski definition) is 6. The summed E-state index contributed by atoms with van der Waals surface area (Å²) in [5.41, 5.74) is 1.11. The molecule has 0 aliphatic carbocycles. The van der Waals surface area contributed by atoms with E-state index in [9.17, 15) is 14.7 Å². The number of nitrogens with zero attached hydrogens (tertiary/aromatic N) is 1. The zero-order chi connectivity index (χ0) is 18.2. The number of phenolic OH excluding ortho intramolecular Hbond substituents is 1. The van der Waals surface area contributed by atoms with Crippen LogP contribution >= 0.6 is 23.5 Å². The smallest absolute Gasteiger partial charge is 0.251 e. The zero-order valence-electron chi connectivity index (χ0n) is 14.1. The van der Waals surface area contributed by atoms with Gasteiger partial charge in [-0.15, -0.1) is 0 Å². The Hall–Kier alpha value is -1.93. The van der Waals surface area contributed by atoms with Gasteiger partial charge < -0.3 is 15.4 Å². The normalized spacial score (nSPS) is 11.9. The van der Waals surface area contributed by atoms with E-state index >= 15 is 0 Å². The summed E-state index contributed by atoms with van der Waals surface area (Å²) in [6.07, 6.45) is 0.590. The minimum Gasteiger partial charge on any atom is -0.508 e. The fourth-order valence-corrected chi connectivity index (χ4v) is 3.54. The number of aromatic nitrogens is 2. The van der Waals surface area contributed by atoms with E-state index in [1.54, 1.807) is 23.9 Å². The summed E-state index contributed by atoms with van der Waals surface area (Å²) in [6, 6.07) is 7.78. The van der Waals surface area contributed by atoms with E-state index < -0.39 is 0 Å². The molecule has 0 radical (unpaired) electrons. The second kappa shape index (κ2) is 9.53. The third-order valence-corrected chi connectivity index (χ3v) is 5.44. The Morgan fingerprint density at radius 2 is 2.04 bits per heavy atom. The minimum absolute atomic E-state index is 0.142. The molecule has 2 aromatic rings. The number of aromatic hydroxyl groups is 1. The topological polar surface area (TPSA) is 95.1 Å². The molecule has 8 heteroatoms. The number of benzene rings is 1. The monoisotopic (exact) mass is 379 g/mol. The molecule has 25 heavy (non-hydrogen) atoms. The molecule has 1 amide bonds. The van der Waals surface area contributed by atoms with Crippen LogP contribution in [-0.2, 0) is 10.5 Å². The maximum atomic E-state index is 12.5. The Labute approximate surface area is 154 Å². The Kier molecular flexibility index (Phi) is 7.39. The second-order valence-electron chi connectivity index (χ2n) is 5.23. The van der Waals surface area contributed by atoms with Crippen molar-refractivity contribution in [2.75, 3.05) is 11.1 Å². The van der Waals surface area contributed by atoms with Crippen LogP contribution in [0, 0.1) is 0 Å². The molecule has 1 aromatic carbocycles. The molecule has 0 bridgehead atoms. The van der Waals surface area contributed by atoms with Crippen LogP contribution in [0.5, 0.6) is 5.75 Å². The van der Waals surface area contributed by atoms with E-state index in [0.29, 0.717) is 28.7 Å². The van der Waals surface area contributed by atoms with Crippen molar-refractivity contribution >= 4 is 35.1 Å². The first kappa shape index (κ1) is 19.4. The van der Waals surface area contributed by atoms with Gasteiger partial charge in [0.1, 0.15) is 5.75 Å². The molecule has 0 spiro atoms. The second-order valence-corrected chi connectivity index (χ2v) is 7.70. The van der Waals surface area contributed by atoms with Gasteiger partial charge in [0.05, 0.1) is 10.9 Å². The van der Waals surface area contributed by atoms with Crippen molar-refractivity contribution in [3.05, 3.63) is 46.4 Å². The SMILES string of the molecule is CCSCc1cc(=O)[nH]c(SC(CC)C(=O)Nc2ccc(O)cc2)n1. The number of carbonyl (C=O) groups excluding carboxylic acids is 1. The third kappa shape index (κ3) is 6.13. The lowest BCUT2D eigenvalue weighted by Gasteiger charge is -2.14. The molecule has 1 atom stereocenters. The molecule has 1 heterocycles. The van der Waals surface area contributed by atoms with E-state index in [1.165, 1.54) is 30.0 Å². The van der Waals surface area contributed by atoms with Gasteiger partial charge in [-0.2, -0.15) is 11.8 Å². The average molecular weight is 380 g/mol. The van der Waals surface area contributed by atoms with Crippen molar-refractivity contribution in [1.82, 2.24) is 9.97 Å². The van der Waals surface area contributed by atoms with Crippen LogP contribution in [0.1, 0.15) is 26.0 Å². The van der Waals surface area contributed by atoms with Crippen molar-refractivity contribution in [2.45, 2.75) is 36.4 Å². The maximum absolute atomic E-state index is 12.5. The summed E-state index contributed by atoms with van der Waals surface area (Å²) >= 11 is 2.93. The zero-order valence-corrected chi connectivity index (χ0v) is 15.7. The van der Waals surface area contributed by atoms with E-state index in [1.807, 2.05) is 13.8 Å². The molecule has 3 N–H and O–H groups in total. The highest BCUT2D eigenvalue weighted by Crippen LogP contribution is 2.24. The summed E-state index contributed by atoms with van der Waals surface area (Å²) in [5.74, 6) is 1.59. The van der Waals surface area contributed by atoms with Crippen molar-refractivity contribution in [3.63, 3.8) is 0 Å². The number of aromatic amines is 1. The van der Waals surface area contributed by atoms with Gasteiger partial charge in [0.2, 0.25) is 5.91 Å². The lowest BCUT2D eigenvalue weighted by molar-refractivity contribution is -0.115. The van der Waals surface area contributed by atoms with Crippen molar-refractivity contribution < 1.29 is 9.90 Å². The Bertz CT molecular complexity index is 762. The molecular formula is C17H21N3O3S2. The van der Waals surface area contributed by atoms with Gasteiger partial charge in [-0.05, 0) is 36.4 Å². The van der Waals surface area contributed by atoms with Crippen LogP contribution in [-0.4, -0.2) is 32.0 Å². The Morgan fingerprint density at radius 1 is 1.32 bits per heavy atom. The van der Waals surface area contributed by atoms with Gasteiger partial charge in [-0.1, -0.05) is 25.6 Å². The van der Waals surface area contributed by atoms with Gasteiger partial charge in [0, 0.05) is 17.5 Å². The molecule has 1 unspecified atom stereocenters. The van der Waals surface area contributed by atoms with Crippen LogP contribution in [0.2, 0.25) is 0 Å². The third-order valence-electron chi connectivity index (χ3n) is 3.28. The maximum Gasteiger partial charge on any atom is 0.251 e. The number of amides is 1. The summed E-state index contributed by atoms with van der Waals surface area (Å²) in [6.45, 7) is 3.96. The number of rotatable bonds is 8. The molecular weight excluding hydrogens is 358 g/mol. The predicted octanol–water partition coefficient (Wildman–Crippen LogP) is 3.24. The number of H-pyrrole nitrogens is 1. The largest absolute Gasteiger partial charge is 0.508 e. The first-order valence-corrected chi connectivity index (χ1v) is 9.99. The number of thioether (sulfide) groups is 2. The Morgan fingerprint density at radius 3 is 2.68 bits per heavy atom. The van der Waals surface area contributed by atoms with Gasteiger partial charge in [0.15, 0.2) is 5.16 Å². The highest BCUT2D eigenvalue weighted by atomic mass is 32.2. The van der Waals surface area contributed by atoms with Gasteiger partial charge >= 0.3 is 0 Å². The first-order valence-electron chi connectivity index (χ1n) is 7.96. The summed E-state index contributed by atoms with van der Waals surface area (Å²) in [5, 5.41) is 12.2. The fourth-order valence-electron chi connectivity index (χ4n) is 2.04. The van der Waals surface area contributed by atoms with Crippen LogP contribution in [0.4, 0.5) is 5.69 Å². The lowest BCUT2D eigenvalue weighted by atomic mass is 10.2. The first-order chi connectivity index (χ1) is 12.0. The molecule has 0 saturated carbocycles. The molecule has 1 aromatic heterocycles. The predicted molar refractivity (Wildman–Crippen MR) is 103 cm³/mol. The molecule has 134 valence electrons. The van der Waals surface area contributed by atoms with Crippen molar-refractivity contribution in [3.8, 4) is 5.75 Å². The van der Waals surface area contributed by atoms with E-state index in [2.05, 4.69) is 15.3 Å². The van der Waals surface area contributed by atoms with Crippen LogP contribution in [0.15, 0.2) is 40.3 Å². The molecule has 0 fully saturated rings. The minimum atomic E-state index is -0.383. The number of phenols is 1. The number of anilines is 1. The number of nitrogens with one attached hydrogen (secondary N) is 2. The fraction of sp³-hybridized carbons (Fsp3) is 0.353. The van der Waals surface area contributed by atoms with Crippen LogP contribution in [0.25, 0.3) is 0 Å². The molecule has 0 aliphatic heterocycles. The van der Waals surface area contributed by atoms with Crippen molar-refractivity contribution in [2.24, 2.45) is 0 Å². The van der Waals surface area contributed by atoms with Crippen LogP contribution < -0.4 is 10.9 Å². The van der Waals surface area contributed by atoms with E-state index in [0.717, 1.165) is 5.75 Å². The highest BCUT2D eigenvalue weighted by Gasteiger charge is 2.19. The molecule has 2 rings (SSSR count). The summed E-state index contributed by atoms with van der Waals surface area (Å²) < 4.78 is 0. The quantitative estimate of drug-likeness (QED) is 0.370. The number of carbonyl (C=O) groups is 1. The Balaban J connectivity index is 2.07. The molecule has 0 aliphatic rings.